The molecule has 0 spiro atoms. The molecule has 2 aromatic rings. The Morgan fingerprint density at radius 3 is 2.79 bits per heavy atom. The maximum Gasteiger partial charge on any atom is 0.230 e. The van der Waals surface area contributed by atoms with Crippen LogP contribution < -0.4 is 0 Å². The Morgan fingerprint density at radius 2 is 2.11 bits per heavy atom. The molecule has 2 rings (SSSR count). The maximum atomic E-state index is 4.23. The molecule has 3 nitrogen and oxygen atoms in total. The second-order valence-electron chi connectivity index (χ2n) is 3.86. The van der Waals surface area contributed by atoms with Crippen molar-refractivity contribution in [3.05, 3.63) is 35.2 Å². The van der Waals surface area contributed by atoms with Gasteiger partial charge in [0.25, 0.3) is 0 Å². The van der Waals surface area contributed by atoms with Crippen LogP contribution in [0.5, 0.6) is 0 Å². The molecule has 0 unspecified atom stereocenters. The SMILES string of the molecule is Cc1sc(N=NCCCSc2ccccc2)nc1S. The molecule has 0 aliphatic heterocycles. The molecule has 0 radical (unpaired) electrons. The summed E-state index contributed by atoms with van der Waals surface area (Å²) in [5.74, 6) is 1.05. The second kappa shape index (κ2) is 7.67. The summed E-state index contributed by atoms with van der Waals surface area (Å²) in [4.78, 5) is 6.57. The average molecular weight is 309 g/mol. The van der Waals surface area contributed by atoms with Crippen LogP contribution in [0.1, 0.15) is 11.3 Å². The summed E-state index contributed by atoms with van der Waals surface area (Å²) in [6.45, 7) is 2.72. The van der Waals surface area contributed by atoms with Gasteiger partial charge >= 0.3 is 0 Å². The van der Waals surface area contributed by atoms with Crippen LogP contribution in [0.25, 0.3) is 0 Å². The van der Waals surface area contributed by atoms with Crippen molar-refractivity contribution in [3.63, 3.8) is 0 Å². The van der Waals surface area contributed by atoms with Crippen LogP contribution in [0.4, 0.5) is 5.13 Å². The van der Waals surface area contributed by atoms with E-state index in [4.69, 9.17) is 0 Å². The van der Waals surface area contributed by atoms with Gasteiger partial charge in [-0.2, -0.15) is 5.11 Å². The van der Waals surface area contributed by atoms with Crippen LogP contribution >= 0.6 is 35.7 Å². The van der Waals surface area contributed by atoms with Gasteiger partial charge in [0.1, 0.15) is 5.03 Å². The van der Waals surface area contributed by atoms with Crippen molar-refractivity contribution in [2.75, 3.05) is 12.3 Å². The van der Waals surface area contributed by atoms with E-state index in [9.17, 15) is 0 Å². The lowest BCUT2D eigenvalue weighted by molar-refractivity contribution is 0.880. The maximum absolute atomic E-state index is 4.23. The van der Waals surface area contributed by atoms with Crippen molar-refractivity contribution in [1.82, 2.24) is 4.98 Å². The van der Waals surface area contributed by atoms with E-state index in [1.54, 1.807) is 0 Å². The number of hydrogen-bond donors (Lipinski definition) is 1. The number of thiazole rings is 1. The smallest absolute Gasteiger partial charge is 0.210 e. The van der Waals surface area contributed by atoms with Crippen molar-refractivity contribution < 1.29 is 0 Å². The van der Waals surface area contributed by atoms with Crippen LogP contribution in [0.15, 0.2) is 50.5 Å². The first-order valence-electron chi connectivity index (χ1n) is 5.97. The molecule has 0 amide bonds. The average Bonchev–Trinajstić information content (AvgIpc) is 2.74. The summed E-state index contributed by atoms with van der Waals surface area (Å²) >= 11 is 7.60. The largest absolute Gasteiger partial charge is 0.230 e. The first-order valence-corrected chi connectivity index (χ1v) is 8.22. The molecule has 0 saturated carbocycles. The minimum Gasteiger partial charge on any atom is -0.210 e. The summed E-state index contributed by atoms with van der Waals surface area (Å²) in [7, 11) is 0. The number of rotatable bonds is 6. The van der Waals surface area contributed by atoms with E-state index in [0.29, 0.717) is 5.13 Å². The lowest BCUT2D eigenvalue weighted by atomic mass is 10.4. The molecule has 100 valence electrons. The molecule has 0 aliphatic rings. The molecule has 0 saturated heterocycles. The zero-order valence-corrected chi connectivity index (χ0v) is 13.1. The predicted octanol–water partition coefficient (Wildman–Crippen LogP) is 5.01. The third-order valence-corrected chi connectivity index (χ3v) is 4.87. The number of nitrogens with zero attached hydrogens (tertiary/aromatic N) is 3. The van der Waals surface area contributed by atoms with Gasteiger partial charge in [-0.25, -0.2) is 4.98 Å². The summed E-state index contributed by atoms with van der Waals surface area (Å²) in [5, 5.41) is 9.70. The van der Waals surface area contributed by atoms with E-state index >= 15 is 0 Å². The molecule has 1 aromatic heterocycles. The number of azo groups is 1. The fraction of sp³-hybridized carbons (Fsp3) is 0.308. The molecule has 0 N–H and O–H groups in total. The molecule has 6 heteroatoms. The van der Waals surface area contributed by atoms with E-state index in [2.05, 4.69) is 52.1 Å². The highest BCUT2D eigenvalue weighted by molar-refractivity contribution is 7.99. The highest BCUT2D eigenvalue weighted by Crippen LogP contribution is 2.26. The van der Waals surface area contributed by atoms with Crippen LogP contribution in [0, 0.1) is 6.92 Å². The Bertz CT molecular complexity index is 518. The zero-order chi connectivity index (χ0) is 13.5. The summed E-state index contributed by atoms with van der Waals surface area (Å²) in [5.41, 5.74) is 0. The lowest BCUT2D eigenvalue weighted by Gasteiger charge is -1.98. The van der Waals surface area contributed by atoms with Gasteiger partial charge in [0, 0.05) is 9.77 Å². The number of aromatic nitrogens is 1. The lowest BCUT2D eigenvalue weighted by Crippen LogP contribution is -1.83. The third kappa shape index (κ3) is 4.97. The molecular weight excluding hydrogens is 294 g/mol. The van der Waals surface area contributed by atoms with E-state index in [1.807, 2.05) is 24.8 Å². The molecule has 19 heavy (non-hydrogen) atoms. The van der Waals surface area contributed by atoms with Gasteiger partial charge in [-0.3, -0.25) is 0 Å². The molecule has 1 heterocycles. The van der Waals surface area contributed by atoms with Crippen LogP contribution in [0.3, 0.4) is 0 Å². The summed E-state index contributed by atoms with van der Waals surface area (Å²) < 4.78 is 0. The van der Waals surface area contributed by atoms with Crippen molar-refractivity contribution in [2.45, 2.75) is 23.3 Å². The second-order valence-corrected chi connectivity index (χ2v) is 6.63. The molecule has 0 fully saturated rings. The van der Waals surface area contributed by atoms with E-state index in [-0.39, 0.29) is 0 Å². The van der Waals surface area contributed by atoms with E-state index < -0.39 is 0 Å². The standard InChI is InChI=1S/C13H15N3S3/c1-10-12(17)15-13(19-10)16-14-8-5-9-18-11-6-3-2-4-7-11/h2-4,6-7,17H,5,8-9H2,1H3. The van der Waals surface area contributed by atoms with Gasteiger partial charge in [-0.1, -0.05) is 29.5 Å². The minimum absolute atomic E-state index is 0.693. The van der Waals surface area contributed by atoms with E-state index in [0.717, 1.165) is 28.6 Å². The van der Waals surface area contributed by atoms with Crippen molar-refractivity contribution in [3.8, 4) is 0 Å². The van der Waals surface area contributed by atoms with Crippen LogP contribution in [0.2, 0.25) is 0 Å². The Hall–Kier alpha value is -0.850. The van der Waals surface area contributed by atoms with Gasteiger partial charge in [0.15, 0.2) is 0 Å². The van der Waals surface area contributed by atoms with Crippen molar-refractivity contribution in [1.29, 1.82) is 0 Å². The monoisotopic (exact) mass is 309 g/mol. The van der Waals surface area contributed by atoms with Gasteiger partial charge in [0.2, 0.25) is 5.13 Å². The van der Waals surface area contributed by atoms with Gasteiger partial charge < -0.3 is 0 Å². The van der Waals surface area contributed by atoms with Crippen molar-refractivity contribution in [2.24, 2.45) is 10.2 Å². The van der Waals surface area contributed by atoms with Crippen LogP contribution in [-0.2, 0) is 0 Å². The highest BCUT2D eigenvalue weighted by atomic mass is 32.2. The molecule has 0 aliphatic carbocycles. The topological polar surface area (TPSA) is 37.6 Å². The first-order chi connectivity index (χ1) is 9.25. The van der Waals surface area contributed by atoms with Crippen molar-refractivity contribution >= 4 is 40.9 Å². The Morgan fingerprint density at radius 1 is 1.32 bits per heavy atom. The number of thioether (sulfide) groups is 1. The third-order valence-electron chi connectivity index (χ3n) is 2.33. The molecule has 1 aromatic carbocycles. The zero-order valence-electron chi connectivity index (χ0n) is 10.6. The molecule has 0 bridgehead atoms. The quantitative estimate of drug-likeness (QED) is 0.352. The molecular formula is C13H15N3S3. The predicted molar refractivity (Wildman–Crippen MR) is 85.3 cm³/mol. The van der Waals surface area contributed by atoms with Crippen LogP contribution in [-0.4, -0.2) is 17.3 Å². The number of aryl methyl sites for hydroxylation is 1. The fourth-order valence-electron chi connectivity index (χ4n) is 1.37. The van der Waals surface area contributed by atoms with Gasteiger partial charge in [0.05, 0.1) is 6.54 Å². The Kier molecular flexibility index (Phi) is 5.88. The summed E-state index contributed by atoms with van der Waals surface area (Å²) in [6.07, 6.45) is 1.02. The minimum atomic E-state index is 0.693. The fourth-order valence-corrected chi connectivity index (χ4v) is 3.17. The van der Waals surface area contributed by atoms with Gasteiger partial charge in [-0.15, -0.1) is 29.5 Å². The first kappa shape index (κ1) is 14.6. The Balaban J connectivity index is 1.67. The number of benzene rings is 1. The number of hydrogen-bond acceptors (Lipinski definition) is 6. The van der Waals surface area contributed by atoms with Gasteiger partial charge in [-0.05, 0) is 31.2 Å². The Labute approximate surface area is 127 Å². The molecule has 0 atom stereocenters. The highest BCUT2D eigenvalue weighted by Gasteiger charge is 2.01. The normalized spacial score (nSPS) is 11.3. The van der Waals surface area contributed by atoms with E-state index in [1.165, 1.54) is 16.2 Å². The number of thiol groups is 1. The summed E-state index contributed by atoms with van der Waals surface area (Å²) in [6, 6.07) is 10.4.